The molecule has 0 aliphatic heterocycles. The van der Waals surface area contributed by atoms with E-state index in [1.165, 1.54) is 12.1 Å². The summed E-state index contributed by atoms with van der Waals surface area (Å²) < 4.78 is 18.9. The van der Waals surface area contributed by atoms with E-state index in [0.29, 0.717) is 18.0 Å². The van der Waals surface area contributed by atoms with E-state index in [-0.39, 0.29) is 17.3 Å². The van der Waals surface area contributed by atoms with Crippen LogP contribution >= 0.6 is 0 Å². The Kier molecular flexibility index (Phi) is 4.98. The average molecular weight is 376 g/mol. The standard InChI is InChI=1S/C23H21FN2O2/c24-18-8-6-17(7-9-18)23(14-15-23)16-25-22(27)26-19-10-12-21(13-11-19)28-20-4-2-1-3-5-20/h1-13H,14-16H2,(H2,25,26,27). The molecule has 1 aliphatic carbocycles. The van der Waals surface area contributed by atoms with E-state index < -0.39 is 0 Å². The average Bonchev–Trinajstić information content (AvgIpc) is 3.50. The van der Waals surface area contributed by atoms with Gasteiger partial charge in [-0.15, -0.1) is 0 Å². The fourth-order valence-corrected chi connectivity index (χ4v) is 3.18. The number of nitrogens with one attached hydrogen (secondary N) is 2. The monoisotopic (exact) mass is 376 g/mol. The summed E-state index contributed by atoms with van der Waals surface area (Å²) in [5.74, 6) is 1.21. The van der Waals surface area contributed by atoms with Gasteiger partial charge in [-0.3, -0.25) is 0 Å². The molecule has 142 valence electrons. The molecule has 1 saturated carbocycles. The Morgan fingerprint density at radius 1 is 0.893 bits per heavy atom. The van der Waals surface area contributed by atoms with Crippen molar-refractivity contribution in [2.24, 2.45) is 0 Å². The molecule has 0 bridgehead atoms. The largest absolute Gasteiger partial charge is 0.457 e. The molecule has 1 aliphatic rings. The molecule has 5 heteroatoms. The van der Waals surface area contributed by atoms with E-state index in [4.69, 9.17) is 4.74 Å². The van der Waals surface area contributed by atoms with Crippen LogP contribution in [0.1, 0.15) is 18.4 Å². The number of ether oxygens (including phenoxy) is 1. The summed E-state index contributed by atoms with van der Waals surface area (Å²) in [6.45, 7) is 0.527. The highest BCUT2D eigenvalue weighted by molar-refractivity contribution is 5.89. The molecule has 2 amide bonds. The Morgan fingerprint density at radius 3 is 2.18 bits per heavy atom. The van der Waals surface area contributed by atoms with Gasteiger partial charge in [-0.05, 0) is 66.9 Å². The van der Waals surface area contributed by atoms with Gasteiger partial charge in [0.1, 0.15) is 17.3 Å². The van der Waals surface area contributed by atoms with Crippen molar-refractivity contribution in [1.29, 1.82) is 0 Å². The quantitative estimate of drug-likeness (QED) is 0.599. The van der Waals surface area contributed by atoms with Gasteiger partial charge in [0.15, 0.2) is 0 Å². The van der Waals surface area contributed by atoms with Crippen molar-refractivity contribution in [3.05, 3.63) is 90.2 Å². The number of hydrogen-bond donors (Lipinski definition) is 2. The van der Waals surface area contributed by atoms with Gasteiger partial charge in [0.05, 0.1) is 0 Å². The van der Waals surface area contributed by atoms with E-state index in [1.54, 1.807) is 24.3 Å². The molecule has 4 nitrogen and oxygen atoms in total. The Morgan fingerprint density at radius 2 is 1.54 bits per heavy atom. The molecule has 0 atom stereocenters. The summed E-state index contributed by atoms with van der Waals surface area (Å²) in [6, 6.07) is 23.0. The summed E-state index contributed by atoms with van der Waals surface area (Å²) in [7, 11) is 0. The second kappa shape index (κ2) is 7.72. The van der Waals surface area contributed by atoms with Gasteiger partial charge >= 0.3 is 6.03 Å². The van der Waals surface area contributed by atoms with Crippen LogP contribution in [0.5, 0.6) is 11.5 Å². The van der Waals surface area contributed by atoms with Crippen LogP contribution < -0.4 is 15.4 Å². The lowest BCUT2D eigenvalue weighted by molar-refractivity contribution is 0.251. The van der Waals surface area contributed by atoms with Crippen molar-refractivity contribution < 1.29 is 13.9 Å². The molecule has 0 unspecified atom stereocenters. The Labute approximate surface area is 163 Å². The molecule has 3 aromatic rings. The van der Waals surface area contributed by atoms with Crippen molar-refractivity contribution in [2.45, 2.75) is 18.3 Å². The minimum atomic E-state index is -0.259. The van der Waals surface area contributed by atoms with Gasteiger partial charge in [0.25, 0.3) is 0 Å². The Balaban J connectivity index is 1.30. The number of amides is 2. The number of hydrogen-bond acceptors (Lipinski definition) is 2. The van der Waals surface area contributed by atoms with Crippen molar-refractivity contribution in [1.82, 2.24) is 5.32 Å². The van der Waals surface area contributed by atoms with Crippen LogP contribution in [0.4, 0.5) is 14.9 Å². The van der Waals surface area contributed by atoms with Crippen molar-refractivity contribution >= 4 is 11.7 Å². The fourth-order valence-electron chi connectivity index (χ4n) is 3.18. The number of benzene rings is 3. The zero-order chi connectivity index (χ0) is 19.4. The van der Waals surface area contributed by atoms with E-state index in [2.05, 4.69) is 10.6 Å². The topological polar surface area (TPSA) is 50.4 Å². The van der Waals surface area contributed by atoms with Crippen LogP contribution in [-0.4, -0.2) is 12.6 Å². The molecule has 0 radical (unpaired) electrons. The first kappa shape index (κ1) is 18.0. The zero-order valence-corrected chi connectivity index (χ0v) is 15.3. The third-order valence-corrected chi connectivity index (χ3v) is 4.99. The molecule has 4 rings (SSSR count). The first-order chi connectivity index (χ1) is 13.6. The SMILES string of the molecule is O=C(NCC1(c2ccc(F)cc2)CC1)Nc1ccc(Oc2ccccc2)cc1. The van der Waals surface area contributed by atoms with Crippen molar-refractivity contribution in [2.75, 3.05) is 11.9 Å². The highest BCUT2D eigenvalue weighted by atomic mass is 19.1. The van der Waals surface area contributed by atoms with E-state index in [9.17, 15) is 9.18 Å². The van der Waals surface area contributed by atoms with E-state index in [1.807, 2.05) is 42.5 Å². The third kappa shape index (κ3) is 4.31. The molecular formula is C23H21FN2O2. The maximum Gasteiger partial charge on any atom is 0.319 e. The minimum Gasteiger partial charge on any atom is -0.457 e. The summed E-state index contributed by atoms with van der Waals surface area (Å²) in [6.07, 6.45) is 1.98. The first-order valence-corrected chi connectivity index (χ1v) is 9.27. The van der Waals surface area contributed by atoms with Gasteiger partial charge in [-0.25, -0.2) is 9.18 Å². The number of carbonyl (C=O) groups excluding carboxylic acids is 1. The Bertz CT molecular complexity index is 937. The van der Waals surface area contributed by atoms with Gasteiger partial charge in [0, 0.05) is 17.6 Å². The van der Waals surface area contributed by atoms with Gasteiger partial charge < -0.3 is 15.4 Å². The lowest BCUT2D eigenvalue weighted by Gasteiger charge is -2.17. The normalized spacial score (nSPS) is 14.2. The summed E-state index contributed by atoms with van der Waals surface area (Å²) >= 11 is 0. The highest BCUT2D eigenvalue weighted by Crippen LogP contribution is 2.47. The van der Waals surface area contributed by atoms with Crippen LogP contribution in [0.3, 0.4) is 0 Å². The van der Waals surface area contributed by atoms with Crippen molar-refractivity contribution in [3.8, 4) is 11.5 Å². The van der Waals surface area contributed by atoms with Crippen LogP contribution in [0, 0.1) is 5.82 Å². The van der Waals surface area contributed by atoms with Crippen molar-refractivity contribution in [3.63, 3.8) is 0 Å². The molecular weight excluding hydrogens is 355 g/mol. The fraction of sp³-hybridized carbons (Fsp3) is 0.174. The van der Waals surface area contributed by atoms with Crippen LogP contribution in [-0.2, 0) is 5.41 Å². The van der Waals surface area contributed by atoms with Crippen LogP contribution in [0.25, 0.3) is 0 Å². The second-order valence-corrected chi connectivity index (χ2v) is 7.03. The highest BCUT2D eigenvalue weighted by Gasteiger charge is 2.44. The number of carbonyl (C=O) groups is 1. The lowest BCUT2D eigenvalue weighted by Crippen LogP contribution is -2.35. The summed E-state index contributed by atoms with van der Waals surface area (Å²) in [5.41, 5.74) is 1.68. The number of anilines is 1. The molecule has 0 heterocycles. The first-order valence-electron chi connectivity index (χ1n) is 9.27. The van der Waals surface area contributed by atoms with E-state index in [0.717, 1.165) is 24.2 Å². The molecule has 28 heavy (non-hydrogen) atoms. The maximum absolute atomic E-state index is 13.1. The summed E-state index contributed by atoms with van der Waals surface area (Å²) in [5, 5.41) is 5.75. The number of para-hydroxylation sites is 1. The molecule has 3 aromatic carbocycles. The third-order valence-electron chi connectivity index (χ3n) is 4.99. The Hall–Kier alpha value is -3.34. The second-order valence-electron chi connectivity index (χ2n) is 7.03. The van der Waals surface area contributed by atoms with Gasteiger partial charge in [-0.2, -0.15) is 0 Å². The molecule has 0 aromatic heterocycles. The molecule has 0 spiro atoms. The predicted molar refractivity (Wildman–Crippen MR) is 107 cm³/mol. The summed E-state index contributed by atoms with van der Waals surface area (Å²) in [4.78, 5) is 12.2. The zero-order valence-electron chi connectivity index (χ0n) is 15.3. The molecule has 1 fully saturated rings. The van der Waals surface area contributed by atoms with Gasteiger partial charge in [0.2, 0.25) is 0 Å². The maximum atomic E-state index is 13.1. The molecule has 0 saturated heterocycles. The number of halogens is 1. The van der Waals surface area contributed by atoms with Crippen LogP contribution in [0.2, 0.25) is 0 Å². The van der Waals surface area contributed by atoms with Crippen LogP contribution in [0.15, 0.2) is 78.9 Å². The minimum absolute atomic E-state index is 0.0710. The van der Waals surface area contributed by atoms with E-state index >= 15 is 0 Å². The number of rotatable bonds is 6. The predicted octanol–water partition coefficient (Wildman–Crippen LogP) is 5.47. The lowest BCUT2D eigenvalue weighted by atomic mass is 9.96. The number of urea groups is 1. The molecule has 2 N–H and O–H groups in total. The smallest absolute Gasteiger partial charge is 0.319 e. The van der Waals surface area contributed by atoms with Gasteiger partial charge in [-0.1, -0.05) is 30.3 Å².